The molecule has 27 nitrogen and oxygen atoms in total. The van der Waals surface area contributed by atoms with Crippen LogP contribution in [0.3, 0.4) is 0 Å². The first-order valence-electron chi connectivity index (χ1n) is 20.3. The summed E-state index contributed by atoms with van der Waals surface area (Å²) in [6, 6.07) is 15.3. The lowest BCUT2D eigenvalue weighted by atomic mass is 10.1. The topological polar surface area (TPSA) is 432 Å². The van der Waals surface area contributed by atoms with E-state index in [-0.39, 0.29) is 101 Å². The molecule has 0 bridgehead atoms. The van der Waals surface area contributed by atoms with Gasteiger partial charge in [0.2, 0.25) is 23.8 Å². The summed E-state index contributed by atoms with van der Waals surface area (Å²) in [6.07, 6.45) is 2.08. The van der Waals surface area contributed by atoms with E-state index in [1.807, 2.05) is 0 Å². The third-order valence-corrected chi connectivity index (χ3v) is 13.3. The first-order valence-corrected chi connectivity index (χ1v) is 26.0. The average Bonchev–Trinajstić information content (AvgIpc) is 3.29. The fraction of sp³-hybridized carbons (Fsp3) is 0.200. The third-order valence-electron chi connectivity index (χ3n) is 9.76. The van der Waals surface area contributed by atoms with E-state index in [4.69, 9.17) is 5.73 Å². The second-order valence-electron chi connectivity index (χ2n) is 14.7. The molecule has 2 heterocycles. The van der Waals surface area contributed by atoms with Crippen LogP contribution in [0.1, 0.15) is 11.1 Å². The molecule has 0 amide bonds. The number of nitrogens with one attached hydrogen (secondary N) is 2. The van der Waals surface area contributed by atoms with Gasteiger partial charge in [-0.25, -0.2) is 0 Å². The van der Waals surface area contributed by atoms with Crippen molar-refractivity contribution in [3.63, 3.8) is 0 Å². The van der Waals surface area contributed by atoms with Gasteiger partial charge in [0.15, 0.2) is 11.6 Å². The molecule has 0 aliphatic heterocycles. The molecule has 0 aliphatic carbocycles. The number of rotatable bonds is 22. The molecule has 0 saturated carbocycles. The van der Waals surface area contributed by atoms with E-state index in [2.05, 4.69) is 40.5 Å². The van der Waals surface area contributed by atoms with Gasteiger partial charge in [-0.1, -0.05) is 36.4 Å². The number of aromatic nitrogens is 6. The van der Waals surface area contributed by atoms with Crippen molar-refractivity contribution in [2.24, 2.45) is 0 Å². The maximum Gasteiger partial charge on any atom is 0.295 e. The normalized spacial score (nSPS) is 12.3. The Morgan fingerprint density at radius 2 is 0.930 bits per heavy atom. The molecule has 71 heavy (non-hydrogen) atoms. The van der Waals surface area contributed by atoms with Crippen LogP contribution in [-0.4, -0.2) is 155 Å². The van der Waals surface area contributed by atoms with Gasteiger partial charge in [0, 0.05) is 59.9 Å². The van der Waals surface area contributed by atoms with Gasteiger partial charge in [-0.3, -0.25) is 18.2 Å². The Hall–Kier alpha value is -6.88. The van der Waals surface area contributed by atoms with Crippen molar-refractivity contribution in [3.8, 4) is 22.8 Å². The lowest BCUT2D eigenvalue weighted by Crippen LogP contribution is -2.31. The first kappa shape index (κ1) is 53.5. The van der Waals surface area contributed by atoms with Gasteiger partial charge in [0.1, 0.15) is 9.79 Å². The van der Waals surface area contributed by atoms with E-state index in [0.29, 0.717) is 0 Å². The number of benzene rings is 4. The van der Waals surface area contributed by atoms with E-state index >= 15 is 0 Å². The highest BCUT2D eigenvalue weighted by Gasteiger charge is 2.24. The molecule has 12 N–H and O–H groups in total. The fourth-order valence-corrected chi connectivity index (χ4v) is 9.09. The Morgan fingerprint density at radius 1 is 0.493 bits per heavy atom. The molecule has 0 radical (unpaired) electrons. The molecule has 0 atom stereocenters. The van der Waals surface area contributed by atoms with Crippen LogP contribution in [0.25, 0.3) is 34.9 Å². The zero-order valence-electron chi connectivity index (χ0n) is 36.4. The largest absolute Gasteiger partial charge is 0.398 e. The van der Waals surface area contributed by atoms with Crippen molar-refractivity contribution >= 4 is 93.5 Å². The quantitative estimate of drug-likeness (QED) is 0.0258. The number of nitrogen functional groups attached to an aromatic ring is 1. The molecule has 0 saturated heterocycles. The second-order valence-corrected chi connectivity index (χ2v) is 20.3. The number of hydrogen-bond donors (Lipinski definition) is 11. The van der Waals surface area contributed by atoms with Crippen molar-refractivity contribution in [2.45, 2.75) is 19.6 Å². The lowest BCUT2D eigenvalue weighted by molar-refractivity contribution is 0.279. The summed E-state index contributed by atoms with van der Waals surface area (Å²) in [5, 5.41) is 44.4. The van der Waals surface area contributed by atoms with Crippen LogP contribution in [0.2, 0.25) is 0 Å². The van der Waals surface area contributed by atoms with Crippen molar-refractivity contribution < 1.29 is 72.3 Å². The van der Waals surface area contributed by atoms with E-state index < -0.39 is 86.5 Å². The summed E-state index contributed by atoms with van der Waals surface area (Å²) in [7, 11) is -19.6. The zero-order chi connectivity index (χ0) is 51.9. The standard InChI is InChI=1S/C40H43N11O16S4/c41-32-19-26(36-45-38(49-40(47-36)51(13-17-54)14-18-55)43-28-4-2-6-30(23-28)69(59,60)61)21-34(71(65,66)67)31(32)10-9-24-7-8-25(20-33(24)70(62,63)64)35-44-37(48-39(46-35)50(11-15-52)12-16-53)42-27-3-1-5-29(22-27)68(56,57)58/h1-10,19-23,52-55H,11-18,41H2,(H,56,57,58)(H,59,60,61)(H,62,63,64)(H,65,66,67)(H,42,44,46,48)(H,43,45,47,49). The van der Waals surface area contributed by atoms with Gasteiger partial charge in [-0.2, -0.15) is 63.6 Å². The molecule has 2 aromatic heterocycles. The summed E-state index contributed by atoms with van der Waals surface area (Å²) in [6.45, 7) is -2.15. The second kappa shape index (κ2) is 22.0. The average molecular weight is 1060 g/mol. The summed E-state index contributed by atoms with van der Waals surface area (Å²) in [4.78, 5) is 26.0. The summed E-state index contributed by atoms with van der Waals surface area (Å²) in [5.41, 5.74) is 5.28. The lowest BCUT2D eigenvalue weighted by Gasteiger charge is -2.21. The van der Waals surface area contributed by atoms with Gasteiger partial charge in [-0.05, 0) is 60.2 Å². The molecule has 0 unspecified atom stereocenters. The first-order chi connectivity index (χ1) is 33.4. The van der Waals surface area contributed by atoms with Crippen LogP contribution in [0.5, 0.6) is 0 Å². The molecule has 4 aromatic carbocycles. The van der Waals surface area contributed by atoms with Gasteiger partial charge < -0.3 is 46.6 Å². The molecule has 0 fully saturated rings. The van der Waals surface area contributed by atoms with Crippen molar-refractivity contribution in [3.05, 3.63) is 90.0 Å². The molecule has 0 spiro atoms. The van der Waals surface area contributed by atoms with Crippen LogP contribution < -0.4 is 26.2 Å². The number of hydrogen-bond acceptors (Lipinski definition) is 23. The van der Waals surface area contributed by atoms with E-state index in [9.17, 15) is 72.3 Å². The van der Waals surface area contributed by atoms with Crippen LogP contribution in [0, 0.1) is 0 Å². The predicted octanol–water partition coefficient (Wildman–Crippen LogP) is 1.20. The Bertz CT molecular complexity index is 3430. The van der Waals surface area contributed by atoms with Crippen LogP contribution in [-0.2, 0) is 40.5 Å². The monoisotopic (exact) mass is 1060 g/mol. The summed E-state index contributed by atoms with van der Waals surface area (Å²) < 4.78 is 139. The fourth-order valence-electron chi connectivity index (χ4n) is 6.59. The highest BCUT2D eigenvalue weighted by molar-refractivity contribution is 7.86. The smallest absolute Gasteiger partial charge is 0.295 e. The van der Waals surface area contributed by atoms with Gasteiger partial charge in [0.05, 0.1) is 36.2 Å². The zero-order valence-corrected chi connectivity index (χ0v) is 39.7. The summed E-state index contributed by atoms with van der Waals surface area (Å²) in [5.74, 6) is -1.42. The number of aliphatic hydroxyl groups excluding tert-OH is 4. The van der Waals surface area contributed by atoms with Crippen LogP contribution >= 0.6 is 0 Å². The molecule has 6 rings (SSSR count). The Kier molecular flexibility index (Phi) is 16.6. The number of nitrogens with two attached hydrogens (primary N) is 1. The van der Waals surface area contributed by atoms with Crippen molar-refractivity contribution in [1.82, 2.24) is 29.9 Å². The number of anilines is 7. The highest BCUT2D eigenvalue weighted by Crippen LogP contribution is 2.34. The molecule has 6 aromatic rings. The SMILES string of the molecule is Nc1cc(-c2nc(Nc3cccc(S(=O)(=O)O)c3)nc(N(CCO)CCO)n2)cc(S(=O)(=O)O)c1C=Cc1ccc(-c2nc(Nc3cccc(S(=O)(=O)O)c3)nc(N(CCO)CCO)n2)cc1S(=O)(=O)O. The van der Waals surface area contributed by atoms with Gasteiger partial charge in [0.25, 0.3) is 40.5 Å². The minimum atomic E-state index is -5.20. The number of nitrogens with zero attached hydrogens (tertiary/aromatic N) is 8. The molecule has 31 heteroatoms. The minimum Gasteiger partial charge on any atom is -0.398 e. The van der Waals surface area contributed by atoms with Crippen molar-refractivity contribution in [2.75, 3.05) is 78.8 Å². The number of aliphatic hydroxyl groups is 4. The van der Waals surface area contributed by atoms with Crippen molar-refractivity contribution in [1.29, 1.82) is 0 Å². The van der Waals surface area contributed by atoms with E-state index in [1.54, 1.807) is 0 Å². The predicted molar refractivity (Wildman–Crippen MR) is 255 cm³/mol. The Labute approximate surface area is 405 Å². The molecule has 378 valence electrons. The van der Waals surface area contributed by atoms with Gasteiger partial charge >= 0.3 is 0 Å². The summed E-state index contributed by atoms with van der Waals surface area (Å²) >= 11 is 0. The van der Waals surface area contributed by atoms with Gasteiger partial charge in [-0.15, -0.1) is 0 Å². The Morgan fingerprint density at radius 3 is 1.35 bits per heavy atom. The van der Waals surface area contributed by atoms with Crippen LogP contribution in [0.15, 0.2) is 98.4 Å². The highest BCUT2D eigenvalue weighted by atomic mass is 32.2. The van der Waals surface area contributed by atoms with E-state index in [0.717, 1.165) is 48.6 Å². The molecular weight excluding hydrogens is 1020 g/mol. The minimum absolute atomic E-state index is 0.0553. The third kappa shape index (κ3) is 13.7. The van der Waals surface area contributed by atoms with Crippen LogP contribution in [0.4, 0.5) is 40.9 Å². The maximum atomic E-state index is 13.0. The maximum absolute atomic E-state index is 13.0. The Balaban J connectivity index is 1.44. The molecular formula is C40H43N11O16S4. The van der Waals surface area contributed by atoms with E-state index in [1.165, 1.54) is 52.3 Å². The molecule has 0 aliphatic rings.